The fourth-order valence-corrected chi connectivity index (χ4v) is 2.70. The molecule has 1 aliphatic carbocycles. The Morgan fingerprint density at radius 2 is 1.95 bits per heavy atom. The number of guanidine groups is 1. The number of benzene rings is 1. The van der Waals surface area contributed by atoms with Crippen molar-refractivity contribution in [3.8, 4) is 0 Å². The second kappa shape index (κ2) is 5.51. The van der Waals surface area contributed by atoms with Gasteiger partial charge in [0.15, 0.2) is 5.96 Å². The van der Waals surface area contributed by atoms with Crippen LogP contribution in [0.3, 0.4) is 0 Å². The Kier molecular flexibility index (Phi) is 3.75. The lowest BCUT2D eigenvalue weighted by Gasteiger charge is -2.27. The minimum absolute atomic E-state index is 0.351. The van der Waals surface area contributed by atoms with Crippen LogP contribution in [-0.2, 0) is 4.74 Å². The van der Waals surface area contributed by atoms with E-state index in [0.29, 0.717) is 17.9 Å². The van der Waals surface area contributed by atoms with Gasteiger partial charge in [0.1, 0.15) is 0 Å². The van der Waals surface area contributed by atoms with Crippen LogP contribution in [0, 0.1) is 0 Å². The molecule has 2 aliphatic rings. The third kappa shape index (κ3) is 3.09. The monoisotopic (exact) mass is 323 g/mol. The average molecular weight is 324 g/mol. The van der Waals surface area contributed by atoms with Gasteiger partial charge in [-0.25, -0.2) is 4.99 Å². The van der Waals surface area contributed by atoms with Gasteiger partial charge in [-0.15, -0.1) is 0 Å². The van der Waals surface area contributed by atoms with E-state index in [1.54, 1.807) is 0 Å². The summed E-state index contributed by atoms with van der Waals surface area (Å²) in [6.07, 6.45) is 1.10. The lowest BCUT2D eigenvalue weighted by molar-refractivity contribution is 0.0674. The van der Waals surface area contributed by atoms with Gasteiger partial charge in [0, 0.05) is 23.5 Å². The predicted molar refractivity (Wildman–Crippen MR) is 79.3 cm³/mol. The van der Waals surface area contributed by atoms with E-state index < -0.39 is 0 Å². The average Bonchev–Trinajstić information content (AvgIpc) is 3.20. The van der Waals surface area contributed by atoms with Gasteiger partial charge in [-0.3, -0.25) is 0 Å². The third-order valence-corrected chi connectivity index (χ3v) is 4.22. The molecule has 0 radical (unpaired) electrons. The summed E-state index contributed by atoms with van der Waals surface area (Å²) >= 11 is 3.46. The maximum absolute atomic E-state index is 6.07. The summed E-state index contributed by atoms with van der Waals surface area (Å²) in [5, 5.41) is 0. The first-order valence-corrected chi connectivity index (χ1v) is 7.45. The molecular formula is C14H18BrN3O. The fourth-order valence-electron chi connectivity index (χ4n) is 2.44. The van der Waals surface area contributed by atoms with Gasteiger partial charge in [0.25, 0.3) is 0 Å². The second-order valence-electron chi connectivity index (χ2n) is 5.05. The van der Waals surface area contributed by atoms with E-state index in [1.807, 2.05) is 0 Å². The van der Waals surface area contributed by atoms with Gasteiger partial charge in [-0.1, -0.05) is 28.1 Å². The Balaban J connectivity index is 1.61. The highest BCUT2D eigenvalue weighted by Crippen LogP contribution is 2.43. The van der Waals surface area contributed by atoms with Gasteiger partial charge >= 0.3 is 0 Å². The Hall–Kier alpha value is -1.07. The van der Waals surface area contributed by atoms with Crippen molar-refractivity contribution in [3.63, 3.8) is 0 Å². The number of hydrogen-bond donors (Lipinski definition) is 1. The molecule has 2 unspecified atom stereocenters. The number of aliphatic imine (C=N–C) groups is 1. The molecule has 102 valence electrons. The summed E-state index contributed by atoms with van der Waals surface area (Å²) < 4.78 is 6.43. The number of hydrogen-bond acceptors (Lipinski definition) is 2. The molecule has 1 aliphatic heterocycles. The molecule has 1 saturated heterocycles. The van der Waals surface area contributed by atoms with Crippen molar-refractivity contribution in [2.24, 2.45) is 10.7 Å². The SMILES string of the molecule is NC(=NC1CC1c1ccc(Br)cc1)N1CCOCC1. The third-order valence-electron chi connectivity index (χ3n) is 3.69. The molecular weight excluding hydrogens is 306 g/mol. The van der Waals surface area contributed by atoms with E-state index in [1.165, 1.54) is 5.56 Å². The van der Waals surface area contributed by atoms with Crippen LogP contribution in [0.1, 0.15) is 17.9 Å². The van der Waals surface area contributed by atoms with E-state index in [0.717, 1.165) is 37.2 Å². The van der Waals surface area contributed by atoms with Crippen molar-refractivity contribution in [1.82, 2.24) is 4.90 Å². The molecule has 1 saturated carbocycles. The number of halogens is 1. The number of rotatable bonds is 2. The highest BCUT2D eigenvalue weighted by atomic mass is 79.9. The summed E-state index contributed by atoms with van der Waals surface area (Å²) in [6, 6.07) is 8.84. The van der Waals surface area contributed by atoms with Crippen molar-refractivity contribution in [2.75, 3.05) is 26.3 Å². The lowest BCUT2D eigenvalue weighted by atomic mass is 10.1. The van der Waals surface area contributed by atoms with E-state index >= 15 is 0 Å². The van der Waals surface area contributed by atoms with E-state index in [9.17, 15) is 0 Å². The molecule has 19 heavy (non-hydrogen) atoms. The summed E-state index contributed by atoms with van der Waals surface area (Å²) in [4.78, 5) is 6.76. The maximum Gasteiger partial charge on any atom is 0.191 e. The number of nitrogens with two attached hydrogens (primary N) is 1. The van der Waals surface area contributed by atoms with Crippen molar-refractivity contribution in [1.29, 1.82) is 0 Å². The highest BCUT2D eigenvalue weighted by Gasteiger charge is 2.38. The van der Waals surface area contributed by atoms with Crippen molar-refractivity contribution in [2.45, 2.75) is 18.4 Å². The molecule has 0 amide bonds. The predicted octanol–water partition coefficient (Wildman–Crippen LogP) is 1.95. The molecule has 2 fully saturated rings. The van der Waals surface area contributed by atoms with E-state index in [-0.39, 0.29) is 0 Å². The van der Waals surface area contributed by atoms with Crippen LogP contribution in [0.15, 0.2) is 33.7 Å². The first-order valence-electron chi connectivity index (χ1n) is 6.65. The molecule has 4 nitrogen and oxygen atoms in total. The molecule has 0 bridgehead atoms. The van der Waals surface area contributed by atoms with Crippen LogP contribution in [0.2, 0.25) is 0 Å². The minimum atomic E-state index is 0.351. The summed E-state index contributed by atoms with van der Waals surface area (Å²) in [7, 11) is 0. The Morgan fingerprint density at radius 3 is 2.63 bits per heavy atom. The fraction of sp³-hybridized carbons (Fsp3) is 0.500. The molecule has 1 heterocycles. The second-order valence-corrected chi connectivity index (χ2v) is 5.96. The molecule has 2 atom stereocenters. The van der Waals surface area contributed by atoms with Crippen LogP contribution in [0.5, 0.6) is 0 Å². The largest absolute Gasteiger partial charge is 0.378 e. The molecule has 5 heteroatoms. The van der Waals surface area contributed by atoms with Gasteiger partial charge in [-0.2, -0.15) is 0 Å². The zero-order valence-electron chi connectivity index (χ0n) is 10.8. The van der Waals surface area contributed by atoms with Crippen molar-refractivity contribution in [3.05, 3.63) is 34.3 Å². The summed E-state index contributed by atoms with van der Waals surface area (Å²) in [5.74, 6) is 1.21. The normalized spacial score (nSPS) is 27.4. The first-order chi connectivity index (χ1) is 9.24. The summed E-state index contributed by atoms with van der Waals surface area (Å²) in [5.41, 5.74) is 7.42. The Bertz CT molecular complexity index is 468. The maximum atomic E-state index is 6.07. The van der Waals surface area contributed by atoms with Crippen LogP contribution in [-0.4, -0.2) is 43.2 Å². The molecule has 0 spiro atoms. The zero-order valence-corrected chi connectivity index (χ0v) is 12.3. The standard InChI is InChI=1S/C14H18BrN3O/c15-11-3-1-10(2-4-11)12-9-13(12)17-14(16)18-5-7-19-8-6-18/h1-4,12-13H,5-9H2,(H2,16,17). The van der Waals surface area contributed by atoms with E-state index in [2.05, 4.69) is 50.1 Å². The Labute approximate surface area is 121 Å². The van der Waals surface area contributed by atoms with Crippen molar-refractivity contribution < 1.29 is 4.74 Å². The lowest BCUT2D eigenvalue weighted by Crippen LogP contribution is -2.45. The number of ether oxygens (including phenoxy) is 1. The van der Waals surface area contributed by atoms with Gasteiger partial charge in [0.2, 0.25) is 0 Å². The summed E-state index contributed by atoms with van der Waals surface area (Å²) in [6.45, 7) is 3.20. The highest BCUT2D eigenvalue weighted by molar-refractivity contribution is 9.10. The zero-order chi connectivity index (χ0) is 13.2. The van der Waals surface area contributed by atoms with E-state index in [4.69, 9.17) is 10.5 Å². The quantitative estimate of drug-likeness (QED) is 0.668. The molecule has 1 aromatic carbocycles. The molecule has 2 N–H and O–H groups in total. The van der Waals surface area contributed by atoms with Gasteiger partial charge in [-0.05, 0) is 24.1 Å². The minimum Gasteiger partial charge on any atom is -0.378 e. The Morgan fingerprint density at radius 1 is 1.26 bits per heavy atom. The first kappa shape index (κ1) is 12.9. The van der Waals surface area contributed by atoms with Crippen LogP contribution in [0.25, 0.3) is 0 Å². The van der Waals surface area contributed by atoms with Gasteiger partial charge < -0.3 is 15.4 Å². The topological polar surface area (TPSA) is 50.8 Å². The van der Waals surface area contributed by atoms with Gasteiger partial charge in [0.05, 0.1) is 19.3 Å². The molecule has 3 rings (SSSR count). The van der Waals surface area contributed by atoms with Crippen LogP contribution in [0.4, 0.5) is 0 Å². The number of morpholine rings is 1. The molecule has 1 aromatic rings. The number of nitrogens with zero attached hydrogens (tertiary/aromatic N) is 2. The van der Waals surface area contributed by atoms with Crippen LogP contribution >= 0.6 is 15.9 Å². The smallest absolute Gasteiger partial charge is 0.191 e. The van der Waals surface area contributed by atoms with Crippen LogP contribution < -0.4 is 5.73 Å². The van der Waals surface area contributed by atoms with Crippen molar-refractivity contribution >= 4 is 21.9 Å². The molecule has 0 aromatic heterocycles.